The van der Waals surface area contributed by atoms with Gasteiger partial charge in [-0.05, 0) is 43.9 Å². The van der Waals surface area contributed by atoms with Gasteiger partial charge in [-0.3, -0.25) is 9.78 Å². The maximum atomic E-state index is 13.1. The standard InChI is InChI=1S/C21H23N5O/c1-21(14-17-8-3-2-4-9-17)11-7-13-26(21)20(27)19-16-25(24-23-19)15-18-10-5-6-12-22-18/h2-6,8-10,12,16H,7,11,13-15H2,1H3. The van der Waals surface area contributed by atoms with Gasteiger partial charge in [0.25, 0.3) is 5.91 Å². The average molecular weight is 361 g/mol. The van der Waals surface area contributed by atoms with Gasteiger partial charge in [0, 0.05) is 18.3 Å². The molecule has 1 aliphatic rings. The summed E-state index contributed by atoms with van der Waals surface area (Å²) in [5, 5.41) is 8.24. The van der Waals surface area contributed by atoms with Gasteiger partial charge in [-0.1, -0.05) is 41.6 Å². The minimum atomic E-state index is -0.191. The molecular weight excluding hydrogens is 338 g/mol. The number of rotatable bonds is 5. The van der Waals surface area contributed by atoms with Gasteiger partial charge in [0.05, 0.1) is 18.4 Å². The predicted molar refractivity (Wildman–Crippen MR) is 102 cm³/mol. The molecule has 1 aromatic carbocycles. The number of aromatic nitrogens is 4. The first-order valence-electron chi connectivity index (χ1n) is 9.30. The molecule has 138 valence electrons. The highest BCUT2D eigenvalue weighted by molar-refractivity contribution is 5.92. The van der Waals surface area contributed by atoms with Crippen LogP contribution in [0.2, 0.25) is 0 Å². The molecule has 3 aromatic rings. The number of amides is 1. The maximum Gasteiger partial charge on any atom is 0.276 e. The van der Waals surface area contributed by atoms with Crippen molar-refractivity contribution in [1.82, 2.24) is 24.9 Å². The Balaban J connectivity index is 1.50. The molecule has 6 heteroatoms. The topological polar surface area (TPSA) is 63.9 Å². The van der Waals surface area contributed by atoms with Crippen molar-refractivity contribution >= 4 is 5.91 Å². The number of pyridine rings is 1. The number of carbonyl (C=O) groups is 1. The maximum absolute atomic E-state index is 13.1. The second-order valence-electron chi connectivity index (χ2n) is 7.34. The van der Waals surface area contributed by atoms with Crippen LogP contribution in [0.25, 0.3) is 0 Å². The molecule has 0 bridgehead atoms. The largest absolute Gasteiger partial charge is 0.331 e. The molecule has 0 N–H and O–H groups in total. The van der Waals surface area contributed by atoms with Gasteiger partial charge in [0.1, 0.15) is 0 Å². The minimum Gasteiger partial charge on any atom is -0.331 e. The lowest BCUT2D eigenvalue weighted by atomic mass is 9.90. The molecule has 3 heterocycles. The third kappa shape index (κ3) is 3.74. The summed E-state index contributed by atoms with van der Waals surface area (Å²) in [7, 11) is 0. The summed E-state index contributed by atoms with van der Waals surface area (Å²) in [5.74, 6) is -0.0433. The SMILES string of the molecule is CC1(Cc2ccccc2)CCCN1C(=O)c1cn(Cc2ccccn2)nn1. The van der Waals surface area contributed by atoms with Gasteiger partial charge in [0.15, 0.2) is 5.69 Å². The van der Waals surface area contributed by atoms with Crippen molar-refractivity contribution in [3.05, 3.63) is 77.9 Å². The first-order valence-corrected chi connectivity index (χ1v) is 9.30. The molecule has 1 aliphatic heterocycles. The summed E-state index contributed by atoms with van der Waals surface area (Å²) in [6.07, 6.45) is 6.32. The van der Waals surface area contributed by atoms with E-state index < -0.39 is 0 Å². The minimum absolute atomic E-state index is 0.0433. The van der Waals surface area contributed by atoms with Crippen molar-refractivity contribution in [2.24, 2.45) is 0 Å². The molecule has 4 rings (SSSR count). The van der Waals surface area contributed by atoms with Crippen molar-refractivity contribution in [2.45, 2.75) is 38.3 Å². The summed E-state index contributed by atoms with van der Waals surface area (Å²) in [4.78, 5) is 19.4. The quantitative estimate of drug-likeness (QED) is 0.701. The zero-order valence-corrected chi connectivity index (χ0v) is 15.5. The smallest absolute Gasteiger partial charge is 0.276 e. The van der Waals surface area contributed by atoms with Crippen LogP contribution in [0.3, 0.4) is 0 Å². The number of hydrogen-bond donors (Lipinski definition) is 0. The van der Waals surface area contributed by atoms with E-state index in [-0.39, 0.29) is 11.4 Å². The van der Waals surface area contributed by atoms with Crippen LogP contribution in [0.1, 0.15) is 41.5 Å². The van der Waals surface area contributed by atoms with Crippen LogP contribution in [-0.2, 0) is 13.0 Å². The average Bonchev–Trinajstić information content (AvgIpc) is 3.30. The van der Waals surface area contributed by atoms with E-state index >= 15 is 0 Å². The molecule has 0 radical (unpaired) electrons. The first kappa shape index (κ1) is 17.4. The molecule has 1 atom stereocenters. The Morgan fingerprint density at radius 1 is 1.15 bits per heavy atom. The Hall–Kier alpha value is -3.02. The molecule has 0 saturated carbocycles. The lowest BCUT2D eigenvalue weighted by molar-refractivity contribution is 0.0618. The molecule has 1 saturated heterocycles. The summed E-state index contributed by atoms with van der Waals surface area (Å²) in [6.45, 7) is 3.43. The number of carbonyl (C=O) groups excluding carboxylic acids is 1. The van der Waals surface area contributed by atoms with Gasteiger partial charge in [-0.15, -0.1) is 5.10 Å². The molecule has 1 unspecified atom stereocenters. The second-order valence-corrected chi connectivity index (χ2v) is 7.34. The van der Waals surface area contributed by atoms with Gasteiger partial charge in [-0.25, -0.2) is 4.68 Å². The Morgan fingerprint density at radius 3 is 2.74 bits per heavy atom. The molecule has 0 spiro atoms. The number of nitrogens with zero attached hydrogens (tertiary/aromatic N) is 5. The van der Waals surface area contributed by atoms with Crippen LogP contribution < -0.4 is 0 Å². The van der Waals surface area contributed by atoms with E-state index in [1.165, 1.54) is 5.56 Å². The predicted octanol–water partition coefficient (Wildman–Crippen LogP) is 2.96. The zero-order chi connectivity index (χ0) is 18.7. The third-order valence-electron chi connectivity index (χ3n) is 5.23. The fraction of sp³-hybridized carbons (Fsp3) is 0.333. The third-order valence-corrected chi connectivity index (χ3v) is 5.23. The normalized spacial score (nSPS) is 19.4. The van der Waals surface area contributed by atoms with Crippen LogP contribution in [0.5, 0.6) is 0 Å². The fourth-order valence-electron chi connectivity index (χ4n) is 3.86. The van der Waals surface area contributed by atoms with Crippen molar-refractivity contribution in [3.8, 4) is 0 Å². The van der Waals surface area contributed by atoms with Crippen LogP contribution in [-0.4, -0.2) is 42.9 Å². The van der Waals surface area contributed by atoms with Crippen molar-refractivity contribution in [1.29, 1.82) is 0 Å². The Morgan fingerprint density at radius 2 is 1.96 bits per heavy atom. The van der Waals surface area contributed by atoms with Crippen molar-refractivity contribution in [2.75, 3.05) is 6.54 Å². The molecule has 1 amide bonds. The van der Waals surface area contributed by atoms with Gasteiger partial charge in [-0.2, -0.15) is 0 Å². The van der Waals surface area contributed by atoms with Gasteiger partial charge >= 0.3 is 0 Å². The zero-order valence-electron chi connectivity index (χ0n) is 15.5. The number of benzene rings is 1. The van der Waals surface area contributed by atoms with Gasteiger partial charge < -0.3 is 4.90 Å². The van der Waals surface area contributed by atoms with E-state index in [2.05, 4.69) is 34.4 Å². The van der Waals surface area contributed by atoms with Crippen molar-refractivity contribution < 1.29 is 4.79 Å². The van der Waals surface area contributed by atoms with Crippen LogP contribution in [0.4, 0.5) is 0 Å². The summed E-state index contributed by atoms with van der Waals surface area (Å²) >= 11 is 0. The van der Waals surface area contributed by atoms with E-state index in [9.17, 15) is 4.79 Å². The van der Waals surface area contributed by atoms with Crippen LogP contribution >= 0.6 is 0 Å². The lowest BCUT2D eigenvalue weighted by Crippen LogP contribution is -2.46. The van der Waals surface area contributed by atoms with Crippen LogP contribution in [0, 0.1) is 0 Å². The molecule has 0 aliphatic carbocycles. The highest BCUT2D eigenvalue weighted by atomic mass is 16.2. The van der Waals surface area contributed by atoms with Gasteiger partial charge in [0.2, 0.25) is 0 Å². The molecular formula is C21H23N5O. The Bertz CT molecular complexity index is 909. The van der Waals surface area contributed by atoms with E-state index in [1.807, 2.05) is 41.3 Å². The van der Waals surface area contributed by atoms with Crippen molar-refractivity contribution in [3.63, 3.8) is 0 Å². The van der Waals surface area contributed by atoms with Crippen LogP contribution in [0.15, 0.2) is 60.9 Å². The number of hydrogen-bond acceptors (Lipinski definition) is 4. The second kappa shape index (κ2) is 7.31. The summed E-state index contributed by atoms with van der Waals surface area (Å²) < 4.78 is 1.67. The first-order chi connectivity index (χ1) is 13.1. The monoisotopic (exact) mass is 361 g/mol. The molecule has 27 heavy (non-hydrogen) atoms. The molecule has 2 aromatic heterocycles. The fourth-order valence-corrected chi connectivity index (χ4v) is 3.86. The Kier molecular flexibility index (Phi) is 4.71. The van der Waals surface area contributed by atoms with E-state index in [1.54, 1.807) is 17.1 Å². The highest BCUT2D eigenvalue weighted by Crippen LogP contribution is 2.33. The van der Waals surface area contributed by atoms with E-state index in [0.29, 0.717) is 12.2 Å². The molecule has 1 fully saturated rings. The number of likely N-dealkylation sites (tertiary alicyclic amines) is 1. The molecule has 6 nitrogen and oxygen atoms in total. The Labute approximate surface area is 158 Å². The van der Waals surface area contributed by atoms with E-state index in [0.717, 1.165) is 31.5 Å². The highest BCUT2D eigenvalue weighted by Gasteiger charge is 2.40. The lowest BCUT2D eigenvalue weighted by Gasteiger charge is -2.35. The summed E-state index contributed by atoms with van der Waals surface area (Å²) in [6, 6.07) is 16.1. The van der Waals surface area contributed by atoms with E-state index in [4.69, 9.17) is 0 Å². The summed E-state index contributed by atoms with van der Waals surface area (Å²) in [5.41, 5.74) is 2.34.